The molecular weight excluding hydrogens is 286 g/mol. The summed E-state index contributed by atoms with van der Waals surface area (Å²) in [7, 11) is 0. The molecule has 1 nitrogen and oxygen atoms in total. The van der Waals surface area contributed by atoms with Crippen LogP contribution in [0.15, 0.2) is 18.2 Å². The predicted molar refractivity (Wildman–Crippen MR) is 73.4 cm³/mol. The summed E-state index contributed by atoms with van der Waals surface area (Å²) < 4.78 is 0. The Morgan fingerprint density at radius 1 is 1.50 bits per heavy atom. The van der Waals surface area contributed by atoms with Crippen molar-refractivity contribution in [3.05, 3.63) is 34.3 Å². The molecule has 1 fully saturated rings. The number of halogens is 2. The third-order valence-electron chi connectivity index (χ3n) is 3.19. The number of aryl methyl sites for hydroxylation is 1. The quantitative estimate of drug-likeness (QED) is 0.766. The second-order valence-electron chi connectivity index (χ2n) is 4.64. The molecule has 88 valence electrons. The number of nitrogens with zero attached hydrogens (tertiary/aromatic N) is 1. The van der Waals surface area contributed by atoms with Crippen molar-refractivity contribution >= 4 is 27.5 Å². The maximum atomic E-state index is 6.24. The highest BCUT2D eigenvalue weighted by Gasteiger charge is 2.21. The molecule has 0 N–H and O–H groups in total. The second-order valence-corrected chi connectivity index (χ2v) is 5.69. The minimum absolute atomic E-state index is 0.809. The Kier molecular flexibility index (Phi) is 4.28. The van der Waals surface area contributed by atoms with Gasteiger partial charge in [0.05, 0.1) is 0 Å². The zero-order chi connectivity index (χ0) is 11.5. The largest absolute Gasteiger partial charge is 0.299 e. The fourth-order valence-corrected chi connectivity index (χ4v) is 3.03. The van der Waals surface area contributed by atoms with Gasteiger partial charge >= 0.3 is 0 Å². The van der Waals surface area contributed by atoms with Crippen molar-refractivity contribution in [1.82, 2.24) is 4.90 Å². The second kappa shape index (κ2) is 5.52. The smallest absolute Gasteiger partial charge is 0.0453 e. The predicted octanol–water partition coefficient (Wildman–Crippen LogP) is 3.87. The topological polar surface area (TPSA) is 3.24 Å². The summed E-state index contributed by atoms with van der Waals surface area (Å²) in [5.41, 5.74) is 2.48. The van der Waals surface area contributed by atoms with Crippen LogP contribution in [-0.2, 0) is 6.54 Å². The molecule has 1 aromatic rings. The van der Waals surface area contributed by atoms with Crippen molar-refractivity contribution in [2.45, 2.75) is 19.9 Å². The maximum Gasteiger partial charge on any atom is 0.0453 e. The van der Waals surface area contributed by atoms with E-state index in [0.717, 1.165) is 22.8 Å². The minimum atomic E-state index is 0.809. The van der Waals surface area contributed by atoms with Crippen LogP contribution in [0.5, 0.6) is 0 Å². The Labute approximate surface area is 111 Å². The van der Waals surface area contributed by atoms with Gasteiger partial charge in [0.15, 0.2) is 0 Å². The first-order valence-corrected chi connectivity index (χ1v) is 7.22. The van der Waals surface area contributed by atoms with E-state index in [2.05, 4.69) is 46.0 Å². The molecule has 0 spiro atoms. The number of benzene rings is 1. The van der Waals surface area contributed by atoms with E-state index in [1.807, 2.05) is 0 Å². The van der Waals surface area contributed by atoms with E-state index in [9.17, 15) is 0 Å². The Morgan fingerprint density at radius 2 is 2.31 bits per heavy atom. The Morgan fingerprint density at radius 3 is 2.94 bits per heavy atom. The zero-order valence-corrected chi connectivity index (χ0v) is 11.9. The zero-order valence-electron chi connectivity index (χ0n) is 9.55. The van der Waals surface area contributed by atoms with Crippen LogP contribution in [-0.4, -0.2) is 23.3 Å². The molecule has 1 unspecified atom stereocenters. The fourth-order valence-electron chi connectivity index (χ4n) is 2.20. The van der Waals surface area contributed by atoms with Gasteiger partial charge in [-0.3, -0.25) is 4.90 Å². The van der Waals surface area contributed by atoms with Crippen LogP contribution < -0.4 is 0 Å². The molecule has 1 aliphatic rings. The van der Waals surface area contributed by atoms with Gasteiger partial charge in [-0.25, -0.2) is 0 Å². The van der Waals surface area contributed by atoms with Gasteiger partial charge in [-0.15, -0.1) is 0 Å². The maximum absolute atomic E-state index is 6.24. The minimum Gasteiger partial charge on any atom is -0.299 e. The fraction of sp³-hybridized carbons (Fsp3) is 0.538. The van der Waals surface area contributed by atoms with E-state index in [0.29, 0.717) is 0 Å². The first-order valence-electron chi connectivity index (χ1n) is 5.72. The van der Waals surface area contributed by atoms with Gasteiger partial charge in [0, 0.05) is 23.4 Å². The van der Waals surface area contributed by atoms with Crippen molar-refractivity contribution in [3.63, 3.8) is 0 Å². The van der Waals surface area contributed by atoms with Gasteiger partial charge < -0.3 is 0 Å². The van der Waals surface area contributed by atoms with Gasteiger partial charge in [0.2, 0.25) is 0 Å². The molecule has 0 aliphatic carbocycles. The lowest BCUT2D eigenvalue weighted by molar-refractivity contribution is 0.321. The van der Waals surface area contributed by atoms with Crippen LogP contribution in [0, 0.1) is 12.8 Å². The van der Waals surface area contributed by atoms with Crippen molar-refractivity contribution in [2.75, 3.05) is 18.4 Å². The molecule has 0 radical (unpaired) electrons. The van der Waals surface area contributed by atoms with Crippen LogP contribution in [0.3, 0.4) is 0 Å². The molecule has 0 bridgehead atoms. The molecule has 3 heteroatoms. The summed E-state index contributed by atoms with van der Waals surface area (Å²) in [5, 5.41) is 2.02. The first kappa shape index (κ1) is 12.4. The van der Waals surface area contributed by atoms with Crippen LogP contribution in [0.2, 0.25) is 5.02 Å². The molecular formula is C13H17BrClN. The summed E-state index contributed by atoms with van der Waals surface area (Å²) in [5.74, 6) is 0.809. The SMILES string of the molecule is Cc1ccc(CN2CCC(CBr)C2)c(Cl)c1. The lowest BCUT2D eigenvalue weighted by Crippen LogP contribution is -2.20. The molecule has 1 atom stereocenters. The van der Waals surface area contributed by atoms with Crippen molar-refractivity contribution in [3.8, 4) is 0 Å². The highest BCUT2D eigenvalue weighted by molar-refractivity contribution is 9.09. The summed E-state index contributed by atoms with van der Waals surface area (Å²) >= 11 is 9.80. The highest BCUT2D eigenvalue weighted by Crippen LogP contribution is 2.24. The van der Waals surface area contributed by atoms with Crippen molar-refractivity contribution < 1.29 is 0 Å². The number of likely N-dealkylation sites (tertiary alicyclic amines) is 1. The van der Waals surface area contributed by atoms with E-state index < -0.39 is 0 Å². The third kappa shape index (κ3) is 2.99. The molecule has 1 aromatic carbocycles. The lowest BCUT2D eigenvalue weighted by Gasteiger charge is -2.16. The molecule has 0 aromatic heterocycles. The van der Waals surface area contributed by atoms with Crippen LogP contribution in [0.1, 0.15) is 17.5 Å². The summed E-state index contributed by atoms with van der Waals surface area (Å²) in [6, 6.07) is 6.34. The normalized spacial score (nSPS) is 21.6. The number of hydrogen-bond acceptors (Lipinski definition) is 1. The van der Waals surface area contributed by atoms with Gasteiger partial charge in [-0.05, 0) is 43.0 Å². The molecule has 1 aliphatic heterocycles. The molecule has 0 amide bonds. The molecule has 0 saturated carbocycles. The van der Waals surface area contributed by atoms with E-state index >= 15 is 0 Å². The summed E-state index contributed by atoms with van der Waals surface area (Å²) in [6.07, 6.45) is 1.30. The molecule has 1 heterocycles. The molecule has 1 saturated heterocycles. The average Bonchev–Trinajstić information content (AvgIpc) is 2.70. The van der Waals surface area contributed by atoms with Crippen LogP contribution in [0.4, 0.5) is 0 Å². The summed E-state index contributed by atoms with van der Waals surface area (Å²) in [6.45, 7) is 5.45. The number of rotatable bonds is 3. The van der Waals surface area contributed by atoms with E-state index in [1.54, 1.807) is 0 Å². The van der Waals surface area contributed by atoms with Gasteiger partial charge in [0.1, 0.15) is 0 Å². The van der Waals surface area contributed by atoms with Crippen LogP contribution >= 0.6 is 27.5 Å². The Hall–Kier alpha value is -0.0500. The molecule has 2 rings (SSSR count). The monoisotopic (exact) mass is 301 g/mol. The average molecular weight is 303 g/mol. The highest BCUT2D eigenvalue weighted by atomic mass is 79.9. The third-order valence-corrected chi connectivity index (χ3v) is 4.46. The van der Waals surface area contributed by atoms with E-state index in [-0.39, 0.29) is 0 Å². The van der Waals surface area contributed by atoms with E-state index in [1.165, 1.54) is 30.6 Å². The molecule has 16 heavy (non-hydrogen) atoms. The van der Waals surface area contributed by atoms with Crippen molar-refractivity contribution in [2.24, 2.45) is 5.92 Å². The van der Waals surface area contributed by atoms with Crippen LogP contribution in [0.25, 0.3) is 0 Å². The number of alkyl halides is 1. The summed E-state index contributed by atoms with van der Waals surface area (Å²) in [4.78, 5) is 2.49. The Bertz CT molecular complexity index is 367. The van der Waals surface area contributed by atoms with Crippen molar-refractivity contribution in [1.29, 1.82) is 0 Å². The standard InChI is InChI=1S/C13H17BrClN/c1-10-2-3-12(13(15)6-10)9-16-5-4-11(7-14)8-16/h2-3,6,11H,4-5,7-9H2,1H3. The van der Waals surface area contributed by atoms with Gasteiger partial charge in [-0.1, -0.05) is 39.7 Å². The lowest BCUT2D eigenvalue weighted by atomic mass is 10.1. The van der Waals surface area contributed by atoms with Gasteiger partial charge in [-0.2, -0.15) is 0 Å². The Balaban J connectivity index is 1.99. The van der Waals surface area contributed by atoms with Gasteiger partial charge in [0.25, 0.3) is 0 Å². The first-order chi connectivity index (χ1) is 7.69. The number of hydrogen-bond donors (Lipinski definition) is 0. The van der Waals surface area contributed by atoms with E-state index in [4.69, 9.17) is 11.6 Å².